The normalized spacial score (nSPS) is 20.7. The molecule has 1 saturated heterocycles. The molecule has 1 fully saturated rings. The number of nitrogens with one attached hydrogen (secondary N) is 1. The zero-order valence-electron chi connectivity index (χ0n) is 17.0. The molecule has 1 N–H and O–H groups in total. The smallest absolute Gasteiger partial charge is 0.239 e. The van der Waals surface area contributed by atoms with Gasteiger partial charge in [-0.15, -0.1) is 0 Å². The van der Waals surface area contributed by atoms with Gasteiger partial charge in [0.1, 0.15) is 11.4 Å². The molecule has 2 aromatic rings. The largest absolute Gasteiger partial charge is 0.486 e. The van der Waals surface area contributed by atoms with Gasteiger partial charge in [-0.3, -0.25) is 24.4 Å². The molecule has 1 spiro atoms. The van der Waals surface area contributed by atoms with Crippen molar-refractivity contribution in [1.29, 1.82) is 0 Å². The van der Waals surface area contributed by atoms with E-state index in [2.05, 4.69) is 15.3 Å². The van der Waals surface area contributed by atoms with Crippen LogP contribution in [0.2, 0.25) is 5.02 Å². The summed E-state index contributed by atoms with van der Waals surface area (Å²) in [6.07, 6.45) is 6.77. The SMILES string of the molecule is O=C(CN1CCC2(CCC1=O)CC(=O)c1cc(Cl)ccc1O2)NCCc1cnccn1. The number of hydrogen-bond acceptors (Lipinski definition) is 6. The lowest BCUT2D eigenvalue weighted by Gasteiger charge is -2.37. The Morgan fingerprint density at radius 3 is 2.94 bits per heavy atom. The van der Waals surface area contributed by atoms with Crippen LogP contribution in [0.4, 0.5) is 0 Å². The zero-order chi connectivity index (χ0) is 21.8. The predicted molar refractivity (Wildman–Crippen MR) is 113 cm³/mol. The number of likely N-dealkylation sites (tertiary alicyclic amines) is 1. The minimum absolute atomic E-state index is 0.0183. The first-order valence-electron chi connectivity index (χ1n) is 10.3. The topological polar surface area (TPSA) is 101 Å². The highest BCUT2D eigenvalue weighted by molar-refractivity contribution is 6.31. The maximum absolute atomic E-state index is 12.7. The number of halogens is 1. The van der Waals surface area contributed by atoms with Crippen LogP contribution in [-0.2, 0) is 16.0 Å². The minimum atomic E-state index is -0.731. The van der Waals surface area contributed by atoms with Crippen molar-refractivity contribution in [1.82, 2.24) is 20.2 Å². The predicted octanol–water partition coefficient (Wildman–Crippen LogP) is 2.21. The summed E-state index contributed by atoms with van der Waals surface area (Å²) >= 11 is 6.00. The van der Waals surface area contributed by atoms with Crippen LogP contribution in [0.15, 0.2) is 36.8 Å². The van der Waals surface area contributed by atoms with E-state index in [-0.39, 0.29) is 37.0 Å². The lowest BCUT2D eigenvalue weighted by molar-refractivity contribution is -0.135. The van der Waals surface area contributed by atoms with Gasteiger partial charge in [0.15, 0.2) is 5.78 Å². The monoisotopic (exact) mass is 442 g/mol. The Balaban J connectivity index is 1.34. The first-order chi connectivity index (χ1) is 14.9. The molecule has 8 nitrogen and oxygen atoms in total. The molecule has 162 valence electrons. The van der Waals surface area contributed by atoms with E-state index >= 15 is 0 Å². The van der Waals surface area contributed by atoms with Crippen LogP contribution in [0.3, 0.4) is 0 Å². The van der Waals surface area contributed by atoms with Gasteiger partial charge in [-0.2, -0.15) is 0 Å². The van der Waals surface area contributed by atoms with E-state index < -0.39 is 5.60 Å². The molecule has 1 aromatic carbocycles. The molecule has 0 aliphatic carbocycles. The highest BCUT2D eigenvalue weighted by Crippen LogP contribution is 2.40. The lowest BCUT2D eigenvalue weighted by Crippen LogP contribution is -2.44. The van der Waals surface area contributed by atoms with Crippen LogP contribution >= 0.6 is 11.6 Å². The highest BCUT2D eigenvalue weighted by Gasteiger charge is 2.43. The molecule has 0 radical (unpaired) electrons. The Morgan fingerprint density at radius 1 is 1.26 bits per heavy atom. The maximum atomic E-state index is 12.7. The minimum Gasteiger partial charge on any atom is -0.486 e. The van der Waals surface area contributed by atoms with E-state index in [1.165, 1.54) is 4.90 Å². The van der Waals surface area contributed by atoms with Crippen LogP contribution in [0.1, 0.15) is 41.7 Å². The van der Waals surface area contributed by atoms with Crippen molar-refractivity contribution in [3.63, 3.8) is 0 Å². The number of carbonyl (C=O) groups excluding carboxylic acids is 3. The van der Waals surface area contributed by atoms with E-state index in [1.807, 2.05) is 0 Å². The number of rotatable bonds is 5. The van der Waals surface area contributed by atoms with Crippen molar-refractivity contribution in [2.75, 3.05) is 19.6 Å². The number of aromatic nitrogens is 2. The third kappa shape index (κ3) is 5.02. The Bertz CT molecular complexity index is 1000. The molecule has 2 aliphatic rings. The summed E-state index contributed by atoms with van der Waals surface area (Å²) in [5.41, 5.74) is 0.537. The molecule has 31 heavy (non-hydrogen) atoms. The molecular weight excluding hydrogens is 420 g/mol. The van der Waals surface area contributed by atoms with Crippen molar-refractivity contribution in [2.45, 2.75) is 37.7 Å². The summed E-state index contributed by atoms with van der Waals surface area (Å²) in [5, 5.41) is 3.30. The van der Waals surface area contributed by atoms with Crippen molar-refractivity contribution in [3.8, 4) is 5.75 Å². The second-order valence-electron chi connectivity index (χ2n) is 7.89. The average Bonchev–Trinajstić information content (AvgIpc) is 2.90. The van der Waals surface area contributed by atoms with Gasteiger partial charge in [0, 0.05) is 56.0 Å². The number of nitrogens with zero attached hydrogens (tertiary/aromatic N) is 3. The highest BCUT2D eigenvalue weighted by atomic mass is 35.5. The fourth-order valence-corrected chi connectivity index (χ4v) is 4.18. The van der Waals surface area contributed by atoms with Crippen molar-refractivity contribution >= 4 is 29.2 Å². The first-order valence-corrected chi connectivity index (χ1v) is 10.6. The van der Waals surface area contributed by atoms with Gasteiger partial charge in [0.05, 0.1) is 24.2 Å². The summed E-state index contributed by atoms with van der Waals surface area (Å²) < 4.78 is 6.21. The van der Waals surface area contributed by atoms with Gasteiger partial charge in [-0.1, -0.05) is 11.6 Å². The van der Waals surface area contributed by atoms with Crippen molar-refractivity contribution < 1.29 is 19.1 Å². The van der Waals surface area contributed by atoms with E-state index in [9.17, 15) is 14.4 Å². The summed E-state index contributed by atoms with van der Waals surface area (Å²) in [4.78, 5) is 47.3. The molecule has 0 bridgehead atoms. The fraction of sp³-hybridized carbons (Fsp3) is 0.409. The number of ketones is 1. The standard InChI is InChI=1S/C22H23ClN4O4/c23-15-1-2-19-17(11-15)18(28)12-22(31-19)5-3-21(30)27(10-6-22)14-20(29)26-7-4-16-13-24-8-9-25-16/h1-2,8-9,11,13H,3-7,10,12,14H2,(H,26,29). The lowest BCUT2D eigenvalue weighted by atomic mass is 9.84. The molecule has 3 heterocycles. The number of benzene rings is 1. The Labute approximate surface area is 185 Å². The van der Waals surface area contributed by atoms with Crippen molar-refractivity contribution in [2.24, 2.45) is 0 Å². The van der Waals surface area contributed by atoms with Gasteiger partial charge in [-0.05, 0) is 24.6 Å². The number of ether oxygens (including phenoxy) is 1. The van der Waals surface area contributed by atoms with E-state index in [0.29, 0.717) is 48.7 Å². The maximum Gasteiger partial charge on any atom is 0.239 e. The molecule has 4 rings (SSSR count). The summed E-state index contributed by atoms with van der Waals surface area (Å²) in [6, 6.07) is 5.00. The first kappa shape index (κ1) is 21.2. The van der Waals surface area contributed by atoms with Gasteiger partial charge in [0.2, 0.25) is 11.8 Å². The van der Waals surface area contributed by atoms with Crippen LogP contribution < -0.4 is 10.1 Å². The van der Waals surface area contributed by atoms with Crippen LogP contribution in [0, 0.1) is 0 Å². The molecule has 1 atom stereocenters. The third-order valence-corrected chi connectivity index (χ3v) is 5.93. The molecule has 2 amide bonds. The van der Waals surface area contributed by atoms with Gasteiger partial charge in [-0.25, -0.2) is 0 Å². The third-order valence-electron chi connectivity index (χ3n) is 5.69. The number of hydrogen-bond donors (Lipinski definition) is 1. The van der Waals surface area contributed by atoms with Crippen LogP contribution in [-0.4, -0.2) is 57.7 Å². The van der Waals surface area contributed by atoms with E-state index in [4.69, 9.17) is 16.3 Å². The molecule has 0 saturated carbocycles. The zero-order valence-corrected chi connectivity index (χ0v) is 17.7. The molecule has 9 heteroatoms. The van der Waals surface area contributed by atoms with Gasteiger partial charge in [0.25, 0.3) is 0 Å². The van der Waals surface area contributed by atoms with Gasteiger partial charge < -0.3 is 15.0 Å². The molecular formula is C22H23ClN4O4. The number of amides is 2. The Kier molecular flexibility index (Phi) is 6.18. The number of carbonyl (C=O) groups is 3. The van der Waals surface area contributed by atoms with E-state index in [1.54, 1.807) is 36.8 Å². The second-order valence-corrected chi connectivity index (χ2v) is 8.32. The van der Waals surface area contributed by atoms with Gasteiger partial charge >= 0.3 is 0 Å². The summed E-state index contributed by atoms with van der Waals surface area (Å²) in [5.74, 6) is 0.127. The van der Waals surface area contributed by atoms with Crippen molar-refractivity contribution in [3.05, 3.63) is 53.1 Å². The quantitative estimate of drug-likeness (QED) is 0.761. The second kappa shape index (κ2) is 9.01. The van der Waals surface area contributed by atoms with E-state index in [0.717, 1.165) is 5.69 Å². The van der Waals surface area contributed by atoms with Crippen LogP contribution in [0.25, 0.3) is 0 Å². The Hall–Kier alpha value is -3.00. The van der Waals surface area contributed by atoms with Crippen LogP contribution in [0.5, 0.6) is 5.75 Å². The molecule has 1 aromatic heterocycles. The molecule has 1 unspecified atom stereocenters. The Morgan fingerprint density at radius 2 is 2.13 bits per heavy atom. The number of Topliss-reactive ketones (excluding diaryl/α,β-unsaturated/α-hetero) is 1. The summed E-state index contributed by atoms with van der Waals surface area (Å²) in [6.45, 7) is 0.753. The summed E-state index contributed by atoms with van der Waals surface area (Å²) in [7, 11) is 0. The fourth-order valence-electron chi connectivity index (χ4n) is 4.01. The molecule has 2 aliphatic heterocycles. The number of fused-ring (bicyclic) bond motifs is 1. The average molecular weight is 443 g/mol.